The first-order valence-electron chi connectivity index (χ1n) is 8.20. The van der Waals surface area contributed by atoms with Crippen LogP contribution in [-0.2, 0) is 16.0 Å². The van der Waals surface area contributed by atoms with Crippen LogP contribution in [0.2, 0.25) is 5.02 Å². The number of carbonyl (C=O) groups is 2. The second-order valence-corrected chi connectivity index (χ2v) is 7.30. The van der Waals surface area contributed by atoms with Crippen LogP contribution in [0.3, 0.4) is 0 Å². The quantitative estimate of drug-likeness (QED) is 0.633. The van der Waals surface area contributed by atoms with E-state index in [-0.39, 0.29) is 11.8 Å². The molecule has 0 atom stereocenters. The summed E-state index contributed by atoms with van der Waals surface area (Å²) < 4.78 is 0. The molecule has 5 nitrogen and oxygen atoms in total. The van der Waals surface area contributed by atoms with Crippen LogP contribution < -0.4 is 10.6 Å². The summed E-state index contributed by atoms with van der Waals surface area (Å²) in [6, 6.07) is 12.9. The molecule has 3 aromatic rings. The third-order valence-electron chi connectivity index (χ3n) is 4.06. The predicted octanol–water partition coefficient (Wildman–Crippen LogP) is 4.61. The molecule has 0 radical (unpaired) electrons. The van der Waals surface area contributed by atoms with E-state index in [4.69, 9.17) is 11.6 Å². The van der Waals surface area contributed by atoms with E-state index in [0.29, 0.717) is 16.6 Å². The summed E-state index contributed by atoms with van der Waals surface area (Å²) >= 11 is 7.20. The van der Waals surface area contributed by atoms with Crippen molar-refractivity contribution in [3.05, 3.63) is 70.1 Å². The Bertz CT molecular complexity index is 1060. The highest BCUT2D eigenvalue weighted by Gasteiger charge is 2.18. The van der Waals surface area contributed by atoms with E-state index in [2.05, 4.69) is 15.6 Å². The molecular formula is C20H14ClN3O2S. The topological polar surface area (TPSA) is 71.1 Å². The van der Waals surface area contributed by atoms with Gasteiger partial charge in [-0.05, 0) is 41.5 Å². The van der Waals surface area contributed by atoms with Gasteiger partial charge in [-0.2, -0.15) is 0 Å². The largest absolute Gasteiger partial charge is 0.326 e. The van der Waals surface area contributed by atoms with Crippen molar-refractivity contribution < 1.29 is 9.59 Å². The van der Waals surface area contributed by atoms with Gasteiger partial charge < -0.3 is 5.32 Å². The molecule has 0 spiro atoms. The number of carbonyl (C=O) groups excluding carboxylic acids is 2. The number of nitrogens with zero attached hydrogens (tertiary/aromatic N) is 1. The third-order valence-corrected chi connectivity index (χ3v) is 5.07. The SMILES string of the molecule is O=C(/C=C/c1ccc(Cl)cc1)Nc1nc(-c2ccc3c(c2)CC(=O)N3)cs1. The molecule has 4 rings (SSSR count). The van der Waals surface area contributed by atoms with Gasteiger partial charge in [-0.25, -0.2) is 4.98 Å². The lowest BCUT2D eigenvalue weighted by Gasteiger charge is -2.01. The fourth-order valence-corrected chi connectivity index (χ4v) is 3.59. The summed E-state index contributed by atoms with van der Waals surface area (Å²) in [5.41, 5.74) is 4.37. The van der Waals surface area contributed by atoms with Crippen molar-refractivity contribution in [2.45, 2.75) is 6.42 Å². The molecule has 2 heterocycles. The first kappa shape index (κ1) is 17.5. The standard InChI is InChI=1S/C20H14ClN3O2S/c21-15-5-1-12(2-6-15)3-8-18(25)24-20-23-17(11-27-20)13-4-7-16-14(9-13)10-19(26)22-16/h1-9,11H,10H2,(H,22,26)(H,23,24,25)/b8-3+. The lowest BCUT2D eigenvalue weighted by Crippen LogP contribution is -2.07. The Labute approximate surface area is 164 Å². The Hall–Kier alpha value is -2.96. The van der Waals surface area contributed by atoms with E-state index in [1.165, 1.54) is 17.4 Å². The maximum atomic E-state index is 12.1. The number of benzene rings is 2. The van der Waals surface area contributed by atoms with Crippen molar-refractivity contribution in [1.29, 1.82) is 0 Å². The molecule has 0 unspecified atom stereocenters. The maximum absolute atomic E-state index is 12.1. The third kappa shape index (κ3) is 4.07. The summed E-state index contributed by atoms with van der Waals surface area (Å²) in [5, 5.41) is 8.62. The number of rotatable bonds is 4. The van der Waals surface area contributed by atoms with Crippen LogP contribution in [0.25, 0.3) is 17.3 Å². The van der Waals surface area contributed by atoms with E-state index < -0.39 is 0 Å². The lowest BCUT2D eigenvalue weighted by atomic mass is 10.1. The number of hydrogen-bond acceptors (Lipinski definition) is 4. The summed E-state index contributed by atoms with van der Waals surface area (Å²) in [5.74, 6) is -0.254. The molecule has 0 saturated carbocycles. The molecular weight excluding hydrogens is 382 g/mol. The minimum atomic E-state index is -0.255. The number of fused-ring (bicyclic) bond motifs is 1. The predicted molar refractivity (Wildman–Crippen MR) is 109 cm³/mol. The maximum Gasteiger partial charge on any atom is 0.250 e. The Morgan fingerprint density at radius 1 is 1.22 bits per heavy atom. The van der Waals surface area contributed by atoms with Gasteiger partial charge in [-0.15, -0.1) is 11.3 Å². The van der Waals surface area contributed by atoms with Crippen molar-refractivity contribution >= 4 is 51.6 Å². The van der Waals surface area contributed by atoms with Crippen molar-refractivity contribution in [2.75, 3.05) is 10.6 Å². The van der Waals surface area contributed by atoms with Gasteiger partial charge in [0.2, 0.25) is 11.8 Å². The Morgan fingerprint density at radius 2 is 2.04 bits per heavy atom. The van der Waals surface area contributed by atoms with Gasteiger partial charge in [0.05, 0.1) is 12.1 Å². The molecule has 0 fully saturated rings. The minimum absolute atomic E-state index is 0.000791. The molecule has 1 aliphatic rings. The zero-order valence-corrected chi connectivity index (χ0v) is 15.6. The number of amides is 2. The van der Waals surface area contributed by atoms with Gasteiger partial charge >= 0.3 is 0 Å². The van der Waals surface area contributed by atoms with E-state index in [0.717, 1.165) is 28.1 Å². The molecule has 134 valence electrons. The number of aromatic nitrogens is 1. The number of nitrogens with one attached hydrogen (secondary N) is 2. The van der Waals surface area contributed by atoms with E-state index >= 15 is 0 Å². The van der Waals surface area contributed by atoms with Gasteiger partial charge in [0, 0.05) is 27.7 Å². The summed E-state index contributed by atoms with van der Waals surface area (Å²) in [6.07, 6.45) is 3.55. The summed E-state index contributed by atoms with van der Waals surface area (Å²) in [7, 11) is 0. The summed E-state index contributed by atoms with van der Waals surface area (Å²) in [6.45, 7) is 0. The Kier molecular flexibility index (Phi) is 4.75. The van der Waals surface area contributed by atoms with Crippen molar-refractivity contribution in [3.63, 3.8) is 0 Å². The highest BCUT2D eigenvalue weighted by Crippen LogP contribution is 2.30. The molecule has 0 aliphatic carbocycles. The van der Waals surface area contributed by atoms with Crippen LogP contribution in [0, 0.1) is 0 Å². The first-order valence-corrected chi connectivity index (χ1v) is 9.46. The van der Waals surface area contributed by atoms with E-state index in [1.807, 2.05) is 35.7 Å². The van der Waals surface area contributed by atoms with Crippen molar-refractivity contribution in [2.24, 2.45) is 0 Å². The van der Waals surface area contributed by atoms with Crippen molar-refractivity contribution in [1.82, 2.24) is 4.98 Å². The van der Waals surface area contributed by atoms with Crippen LogP contribution in [0.5, 0.6) is 0 Å². The van der Waals surface area contributed by atoms with Gasteiger partial charge in [0.25, 0.3) is 0 Å². The smallest absolute Gasteiger partial charge is 0.250 e. The normalized spacial score (nSPS) is 12.9. The summed E-state index contributed by atoms with van der Waals surface area (Å²) in [4.78, 5) is 28.0. The number of thiazole rings is 1. The van der Waals surface area contributed by atoms with Gasteiger partial charge in [-0.3, -0.25) is 14.9 Å². The molecule has 2 amide bonds. The monoisotopic (exact) mass is 395 g/mol. The second kappa shape index (κ2) is 7.34. The fraction of sp³-hybridized carbons (Fsp3) is 0.0500. The molecule has 1 aromatic heterocycles. The van der Waals surface area contributed by atoms with Crippen LogP contribution in [-0.4, -0.2) is 16.8 Å². The molecule has 0 saturated heterocycles. The molecule has 0 bridgehead atoms. The van der Waals surface area contributed by atoms with Gasteiger partial charge in [0.15, 0.2) is 5.13 Å². The zero-order chi connectivity index (χ0) is 18.8. The number of halogens is 1. The van der Waals surface area contributed by atoms with Crippen LogP contribution in [0.4, 0.5) is 10.8 Å². The molecule has 27 heavy (non-hydrogen) atoms. The van der Waals surface area contributed by atoms with Crippen LogP contribution in [0.15, 0.2) is 53.9 Å². The number of hydrogen-bond donors (Lipinski definition) is 2. The van der Waals surface area contributed by atoms with Gasteiger partial charge in [0.1, 0.15) is 0 Å². The second-order valence-electron chi connectivity index (χ2n) is 6.01. The van der Waals surface area contributed by atoms with E-state index in [1.54, 1.807) is 18.2 Å². The highest BCUT2D eigenvalue weighted by molar-refractivity contribution is 7.14. The molecule has 2 N–H and O–H groups in total. The van der Waals surface area contributed by atoms with Crippen molar-refractivity contribution in [3.8, 4) is 11.3 Å². The Balaban J connectivity index is 1.44. The average Bonchev–Trinajstić information content (AvgIpc) is 3.26. The first-order chi connectivity index (χ1) is 13.1. The lowest BCUT2D eigenvalue weighted by molar-refractivity contribution is -0.115. The minimum Gasteiger partial charge on any atom is -0.326 e. The molecule has 7 heteroatoms. The molecule has 2 aromatic carbocycles. The zero-order valence-electron chi connectivity index (χ0n) is 14.0. The van der Waals surface area contributed by atoms with Gasteiger partial charge in [-0.1, -0.05) is 29.8 Å². The number of anilines is 2. The van der Waals surface area contributed by atoms with Crippen LogP contribution in [0.1, 0.15) is 11.1 Å². The Morgan fingerprint density at radius 3 is 2.85 bits per heavy atom. The van der Waals surface area contributed by atoms with Crippen LogP contribution >= 0.6 is 22.9 Å². The van der Waals surface area contributed by atoms with E-state index in [9.17, 15) is 9.59 Å². The highest BCUT2D eigenvalue weighted by atomic mass is 35.5. The average molecular weight is 396 g/mol. The fourth-order valence-electron chi connectivity index (χ4n) is 2.75. The molecule has 1 aliphatic heterocycles.